The van der Waals surface area contributed by atoms with E-state index in [1.165, 1.54) is 0 Å². The Morgan fingerprint density at radius 1 is 1.33 bits per heavy atom. The van der Waals surface area contributed by atoms with Crippen LogP contribution in [0.1, 0.15) is 43.0 Å². The van der Waals surface area contributed by atoms with Crippen LogP contribution in [0.4, 0.5) is 0 Å². The minimum atomic E-state index is 0.0732. The summed E-state index contributed by atoms with van der Waals surface area (Å²) in [5, 5.41) is 2.93. The number of nitrogens with zero attached hydrogens (tertiary/aromatic N) is 4. The molecule has 0 saturated carbocycles. The average Bonchev–Trinajstić information content (AvgIpc) is 3.06. The molecule has 1 aliphatic rings. The molecular formula is C15H18N4OS. The summed E-state index contributed by atoms with van der Waals surface area (Å²) < 4.78 is 0. The highest BCUT2D eigenvalue weighted by Gasteiger charge is 2.29. The highest BCUT2D eigenvalue weighted by molar-refractivity contribution is 7.13. The van der Waals surface area contributed by atoms with Gasteiger partial charge in [-0.25, -0.2) is 15.0 Å². The molecule has 0 aliphatic carbocycles. The van der Waals surface area contributed by atoms with E-state index < -0.39 is 0 Å². The molecule has 5 nitrogen and oxygen atoms in total. The van der Waals surface area contributed by atoms with Crippen LogP contribution >= 0.6 is 11.3 Å². The lowest BCUT2D eigenvalue weighted by atomic mass is 10.1. The SMILES string of the molecule is CC(=O)N1CCC[C@@H]1c1cc(-c2nc(C)cs2)nc(C)n1. The molecule has 1 fully saturated rings. The van der Waals surface area contributed by atoms with Gasteiger partial charge in [0.2, 0.25) is 5.91 Å². The fraction of sp³-hybridized carbons (Fsp3) is 0.467. The predicted octanol–water partition coefficient (Wildman–Crippen LogP) is 2.90. The van der Waals surface area contributed by atoms with Gasteiger partial charge in [0.15, 0.2) is 0 Å². The molecule has 6 heteroatoms. The second-order valence-electron chi connectivity index (χ2n) is 5.39. The largest absolute Gasteiger partial charge is 0.334 e. The third-order valence-electron chi connectivity index (χ3n) is 3.69. The van der Waals surface area contributed by atoms with Crippen LogP contribution < -0.4 is 0 Å². The number of thiazole rings is 1. The summed E-state index contributed by atoms with van der Waals surface area (Å²) in [4.78, 5) is 27.2. The molecule has 0 radical (unpaired) electrons. The fourth-order valence-electron chi connectivity index (χ4n) is 2.79. The van der Waals surface area contributed by atoms with Crippen LogP contribution in [0.5, 0.6) is 0 Å². The number of rotatable bonds is 2. The second kappa shape index (κ2) is 5.52. The maximum atomic E-state index is 11.7. The molecule has 21 heavy (non-hydrogen) atoms. The Kier molecular flexibility index (Phi) is 3.71. The Morgan fingerprint density at radius 3 is 2.81 bits per heavy atom. The second-order valence-corrected chi connectivity index (χ2v) is 6.25. The molecule has 3 heterocycles. The number of aryl methyl sites for hydroxylation is 2. The van der Waals surface area contributed by atoms with Crippen molar-refractivity contribution >= 4 is 17.2 Å². The summed E-state index contributed by atoms with van der Waals surface area (Å²) >= 11 is 1.59. The van der Waals surface area contributed by atoms with E-state index in [-0.39, 0.29) is 11.9 Å². The van der Waals surface area contributed by atoms with Crippen LogP contribution in [-0.2, 0) is 4.79 Å². The van der Waals surface area contributed by atoms with Gasteiger partial charge in [-0.1, -0.05) is 0 Å². The third kappa shape index (κ3) is 2.81. The van der Waals surface area contributed by atoms with Crippen molar-refractivity contribution in [2.45, 2.75) is 39.7 Å². The lowest BCUT2D eigenvalue weighted by molar-refractivity contribution is -0.129. The van der Waals surface area contributed by atoms with E-state index in [0.29, 0.717) is 0 Å². The maximum absolute atomic E-state index is 11.7. The number of aromatic nitrogens is 3. The summed E-state index contributed by atoms with van der Waals surface area (Å²) in [5.41, 5.74) is 2.78. The van der Waals surface area contributed by atoms with Gasteiger partial charge in [0.25, 0.3) is 0 Å². The summed E-state index contributed by atoms with van der Waals surface area (Å²) in [5.74, 6) is 0.839. The number of amides is 1. The van der Waals surface area contributed by atoms with Crippen LogP contribution in [-0.4, -0.2) is 32.3 Å². The lowest BCUT2D eigenvalue weighted by Crippen LogP contribution is -2.28. The van der Waals surface area contributed by atoms with Crippen molar-refractivity contribution in [3.63, 3.8) is 0 Å². The first-order valence-corrected chi connectivity index (χ1v) is 7.98. The standard InChI is InChI=1S/C15H18N4OS/c1-9-8-21-15(16-9)13-7-12(17-10(2)18-13)14-5-4-6-19(14)11(3)20/h7-8,14H,4-6H2,1-3H3/t14-/m1/s1. The van der Waals surface area contributed by atoms with Crippen molar-refractivity contribution in [3.8, 4) is 10.7 Å². The van der Waals surface area contributed by atoms with E-state index in [9.17, 15) is 4.79 Å². The van der Waals surface area contributed by atoms with Crippen molar-refractivity contribution in [2.24, 2.45) is 0 Å². The topological polar surface area (TPSA) is 59.0 Å². The molecule has 1 aliphatic heterocycles. The number of carbonyl (C=O) groups is 1. The monoisotopic (exact) mass is 302 g/mol. The fourth-order valence-corrected chi connectivity index (χ4v) is 3.55. The Hall–Kier alpha value is -1.82. The van der Waals surface area contributed by atoms with Crippen molar-refractivity contribution in [1.82, 2.24) is 19.9 Å². The summed E-state index contributed by atoms with van der Waals surface area (Å²) in [7, 11) is 0. The number of likely N-dealkylation sites (tertiary alicyclic amines) is 1. The number of hydrogen-bond acceptors (Lipinski definition) is 5. The smallest absolute Gasteiger partial charge is 0.220 e. The molecule has 0 unspecified atom stereocenters. The Morgan fingerprint density at radius 2 is 2.14 bits per heavy atom. The van der Waals surface area contributed by atoms with Gasteiger partial charge in [0.05, 0.1) is 11.7 Å². The van der Waals surface area contributed by atoms with Crippen molar-refractivity contribution in [2.75, 3.05) is 6.54 Å². The van der Waals surface area contributed by atoms with Crippen LogP contribution in [0.2, 0.25) is 0 Å². The van der Waals surface area contributed by atoms with Crippen LogP contribution in [0.25, 0.3) is 10.7 Å². The van der Waals surface area contributed by atoms with Crippen LogP contribution in [0, 0.1) is 13.8 Å². The summed E-state index contributed by atoms with van der Waals surface area (Å²) in [6.45, 7) is 6.30. The van der Waals surface area contributed by atoms with Crippen molar-refractivity contribution in [1.29, 1.82) is 0 Å². The van der Waals surface area contributed by atoms with E-state index in [0.717, 1.165) is 47.3 Å². The third-order valence-corrected chi connectivity index (χ3v) is 4.68. The molecule has 0 spiro atoms. The molecular weight excluding hydrogens is 284 g/mol. The molecule has 2 aromatic heterocycles. The lowest BCUT2D eigenvalue weighted by Gasteiger charge is -2.23. The summed E-state index contributed by atoms with van der Waals surface area (Å²) in [6, 6.07) is 2.06. The van der Waals surface area contributed by atoms with Gasteiger partial charge in [-0.15, -0.1) is 11.3 Å². The number of hydrogen-bond donors (Lipinski definition) is 0. The molecule has 2 aromatic rings. The minimum absolute atomic E-state index is 0.0732. The zero-order valence-electron chi connectivity index (χ0n) is 12.5. The van der Waals surface area contributed by atoms with Crippen molar-refractivity contribution in [3.05, 3.63) is 28.7 Å². The molecule has 0 aromatic carbocycles. The predicted molar refractivity (Wildman–Crippen MR) is 82.0 cm³/mol. The number of carbonyl (C=O) groups excluding carboxylic acids is 1. The normalized spacial score (nSPS) is 18.2. The Bertz CT molecular complexity index is 682. The molecule has 0 N–H and O–H groups in total. The Labute approximate surface area is 128 Å². The first kappa shape index (κ1) is 14.1. The first-order chi connectivity index (χ1) is 10.0. The molecule has 1 amide bonds. The van der Waals surface area contributed by atoms with Gasteiger partial charge in [0, 0.05) is 24.5 Å². The highest BCUT2D eigenvalue weighted by atomic mass is 32.1. The molecule has 1 saturated heterocycles. The van der Waals surface area contributed by atoms with Crippen LogP contribution in [0.3, 0.4) is 0 Å². The molecule has 3 rings (SSSR count). The highest BCUT2D eigenvalue weighted by Crippen LogP contribution is 2.32. The molecule has 1 atom stereocenters. The van der Waals surface area contributed by atoms with Gasteiger partial charge >= 0.3 is 0 Å². The van der Waals surface area contributed by atoms with Crippen LogP contribution in [0.15, 0.2) is 11.4 Å². The quantitative estimate of drug-likeness (QED) is 0.856. The van der Waals surface area contributed by atoms with Gasteiger partial charge < -0.3 is 4.90 Å². The maximum Gasteiger partial charge on any atom is 0.220 e. The van der Waals surface area contributed by atoms with E-state index in [1.807, 2.05) is 30.2 Å². The minimum Gasteiger partial charge on any atom is -0.334 e. The van der Waals surface area contributed by atoms with Gasteiger partial charge in [-0.05, 0) is 32.8 Å². The summed E-state index contributed by atoms with van der Waals surface area (Å²) in [6.07, 6.45) is 1.99. The van der Waals surface area contributed by atoms with Gasteiger partial charge in [-0.3, -0.25) is 4.79 Å². The van der Waals surface area contributed by atoms with E-state index in [4.69, 9.17) is 0 Å². The van der Waals surface area contributed by atoms with E-state index in [1.54, 1.807) is 18.3 Å². The Balaban J connectivity index is 2.00. The zero-order chi connectivity index (χ0) is 15.0. The van der Waals surface area contributed by atoms with Gasteiger partial charge in [0.1, 0.15) is 16.5 Å². The van der Waals surface area contributed by atoms with Gasteiger partial charge in [-0.2, -0.15) is 0 Å². The molecule has 0 bridgehead atoms. The van der Waals surface area contributed by atoms with E-state index >= 15 is 0 Å². The average molecular weight is 302 g/mol. The zero-order valence-corrected chi connectivity index (χ0v) is 13.3. The van der Waals surface area contributed by atoms with E-state index in [2.05, 4.69) is 15.0 Å². The molecule has 110 valence electrons. The van der Waals surface area contributed by atoms with Crippen molar-refractivity contribution < 1.29 is 4.79 Å². The first-order valence-electron chi connectivity index (χ1n) is 7.10.